The van der Waals surface area contributed by atoms with Crippen molar-refractivity contribution in [2.75, 3.05) is 31.2 Å². The molecule has 0 saturated carbocycles. The van der Waals surface area contributed by atoms with Crippen LogP contribution in [0.25, 0.3) is 0 Å². The number of hydrogen-bond acceptors (Lipinski definition) is 2. The second kappa shape index (κ2) is 4.67. The van der Waals surface area contributed by atoms with Gasteiger partial charge in [0.25, 0.3) is 0 Å². The Morgan fingerprint density at radius 1 is 1.07 bits per heavy atom. The second-order valence-electron chi connectivity index (χ2n) is 4.22. The van der Waals surface area contributed by atoms with Crippen LogP contribution in [0.1, 0.15) is 17.5 Å². The summed E-state index contributed by atoms with van der Waals surface area (Å²) >= 11 is 0. The van der Waals surface area contributed by atoms with Gasteiger partial charge >= 0.3 is 0 Å². The molecule has 1 aliphatic heterocycles. The van der Waals surface area contributed by atoms with Gasteiger partial charge in [-0.2, -0.15) is 0 Å². The van der Waals surface area contributed by atoms with Crippen molar-refractivity contribution in [3.8, 4) is 0 Å². The topological polar surface area (TPSA) is 12.5 Å². The third-order valence-electron chi connectivity index (χ3n) is 3.08. The predicted octanol–water partition coefficient (Wildman–Crippen LogP) is 2.53. The maximum Gasteiger partial charge on any atom is 0.0641 e. The van der Waals surface area contributed by atoms with Crippen molar-refractivity contribution in [1.82, 2.24) is 0 Å². The third kappa shape index (κ3) is 2.51. The summed E-state index contributed by atoms with van der Waals surface area (Å²) in [5.41, 5.74) is 4.08. The third-order valence-corrected chi connectivity index (χ3v) is 3.08. The summed E-state index contributed by atoms with van der Waals surface area (Å²) in [6, 6.07) is 6.70. The van der Waals surface area contributed by atoms with Crippen molar-refractivity contribution in [2.24, 2.45) is 0 Å². The van der Waals surface area contributed by atoms with Crippen molar-refractivity contribution in [2.45, 2.75) is 20.3 Å². The van der Waals surface area contributed by atoms with Crippen molar-refractivity contribution >= 4 is 5.69 Å². The average molecular weight is 205 g/mol. The number of anilines is 1. The van der Waals surface area contributed by atoms with Gasteiger partial charge in [0.2, 0.25) is 0 Å². The van der Waals surface area contributed by atoms with Gasteiger partial charge in [0.05, 0.1) is 6.61 Å². The number of hydrogen-bond donors (Lipinski definition) is 0. The summed E-state index contributed by atoms with van der Waals surface area (Å²) in [7, 11) is 0. The van der Waals surface area contributed by atoms with Gasteiger partial charge in [-0.25, -0.2) is 0 Å². The molecule has 2 rings (SSSR count). The Balaban J connectivity index is 2.16. The molecule has 1 aromatic carbocycles. The van der Waals surface area contributed by atoms with Gasteiger partial charge in [0.1, 0.15) is 0 Å². The van der Waals surface area contributed by atoms with Crippen LogP contribution >= 0.6 is 0 Å². The fraction of sp³-hybridized carbons (Fsp3) is 0.538. The fourth-order valence-corrected chi connectivity index (χ4v) is 1.93. The first-order chi connectivity index (χ1) is 7.27. The van der Waals surface area contributed by atoms with Gasteiger partial charge in [-0.15, -0.1) is 0 Å². The Morgan fingerprint density at radius 3 is 2.73 bits per heavy atom. The van der Waals surface area contributed by atoms with E-state index in [9.17, 15) is 0 Å². The van der Waals surface area contributed by atoms with Gasteiger partial charge in [0.15, 0.2) is 0 Å². The van der Waals surface area contributed by atoms with E-state index in [1.54, 1.807) is 0 Å². The summed E-state index contributed by atoms with van der Waals surface area (Å²) in [4.78, 5) is 2.42. The highest BCUT2D eigenvalue weighted by atomic mass is 16.5. The Morgan fingerprint density at radius 2 is 1.93 bits per heavy atom. The molecular weight excluding hydrogens is 186 g/mol. The highest BCUT2D eigenvalue weighted by molar-refractivity contribution is 5.50. The molecule has 1 fully saturated rings. The van der Waals surface area contributed by atoms with Gasteiger partial charge in [-0.1, -0.05) is 6.07 Å². The second-order valence-corrected chi connectivity index (χ2v) is 4.22. The molecule has 0 aliphatic carbocycles. The lowest BCUT2D eigenvalue weighted by Crippen LogP contribution is -2.25. The van der Waals surface area contributed by atoms with Crippen LogP contribution in [-0.2, 0) is 4.74 Å². The van der Waals surface area contributed by atoms with E-state index in [-0.39, 0.29) is 0 Å². The van der Waals surface area contributed by atoms with Gasteiger partial charge in [0, 0.05) is 25.4 Å². The molecule has 0 amide bonds. The molecule has 0 unspecified atom stereocenters. The lowest BCUT2D eigenvalue weighted by Gasteiger charge is -2.22. The first-order valence-corrected chi connectivity index (χ1v) is 5.67. The molecule has 1 saturated heterocycles. The molecule has 0 bridgehead atoms. The van der Waals surface area contributed by atoms with Crippen LogP contribution in [0.3, 0.4) is 0 Å². The summed E-state index contributed by atoms with van der Waals surface area (Å²) in [5.74, 6) is 0. The number of aryl methyl sites for hydroxylation is 2. The lowest BCUT2D eigenvalue weighted by atomic mass is 10.1. The molecular formula is C13H19NO. The average Bonchev–Trinajstić information content (AvgIpc) is 2.50. The molecule has 1 aromatic rings. The minimum absolute atomic E-state index is 0.854. The largest absolute Gasteiger partial charge is 0.380 e. The molecule has 0 spiro atoms. The van der Waals surface area contributed by atoms with E-state index in [1.165, 1.54) is 16.8 Å². The van der Waals surface area contributed by atoms with E-state index in [1.807, 2.05) is 0 Å². The van der Waals surface area contributed by atoms with E-state index in [4.69, 9.17) is 4.74 Å². The Hall–Kier alpha value is -1.02. The van der Waals surface area contributed by atoms with Crippen molar-refractivity contribution in [3.05, 3.63) is 29.3 Å². The zero-order valence-electron chi connectivity index (χ0n) is 9.62. The van der Waals surface area contributed by atoms with Crippen LogP contribution in [0.2, 0.25) is 0 Å². The number of benzene rings is 1. The van der Waals surface area contributed by atoms with Crippen LogP contribution < -0.4 is 4.90 Å². The summed E-state index contributed by atoms with van der Waals surface area (Å²) < 4.78 is 5.46. The monoisotopic (exact) mass is 205 g/mol. The van der Waals surface area contributed by atoms with Crippen molar-refractivity contribution < 1.29 is 4.74 Å². The molecule has 0 aromatic heterocycles. The van der Waals surface area contributed by atoms with Crippen LogP contribution in [-0.4, -0.2) is 26.3 Å². The maximum atomic E-state index is 5.46. The van der Waals surface area contributed by atoms with Crippen LogP contribution in [0.15, 0.2) is 18.2 Å². The molecule has 0 radical (unpaired) electrons. The Kier molecular flexibility index (Phi) is 3.27. The molecule has 1 heterocycles. The quantitative estimate of drug-likeness (QED) is 0.698. The highest BCUT2D eigenvalue weighted by Crippen LogP contribution is 2.19. The zero-order chi connectivity index (χ0) is 10.7. The minimum atomic E-state index is 0.854. The maximum absolute atomic E-state index is 5.46. The van der Waals surface area contributed by atoms with E-state index in [0.29, 0.717) is 0 Å². The number of rotatable bonds is 1. The highest BCUT2D eigenvalue weighted by Gasteiger charge is 2.10. The van der Waals surface area contributed by atoms with Crippen molar-refractivity contribution in [3.63, 3.8) is 0 Å². The predicted molar refractivity (Wildman–Crippen MR) is 63.6 cm³/mol. The Bertz CT molecular complexity index is 327. The summed E-state index contributed by atoms with van der Waals surface area (Å²) in [6.45, 7) is 8.22. The van der Waals surface area contributed by atoms with Gasteiger partial charge in [-0.05, 0) is 43.5 Å². The van der Waals surface area contributed by atoms with Crippen LogP contribution in [0, 0.1) is 13.8 Å². The molecule has 0 atom stereocenters. The molecule has 2 nitrogen and oxygen atoms in total. The molecule has 82 valence electrons. The smallest absolute Gasteiger partial charge is 0.0641 e. The zero-order valence-corrected chi connectivity index (χ0v) is 9.62. The number of nitrogens with zero attached hydrogens (tertiary/aromatic N) is 1. The molecule has 1 aliphatic rings. The lowest BCUT2D eigenvalue weighted by molar-refractivity contribution is 0.152. The van der Waals surface area contributed by atoms with Crippen LogP contribution in [0.4, 0.5) is 5.69 Å². The SMILES string of the molecule is Cc1ccc(N2CCCOCC2)cc1C. The fourth-order valence-electron chi connectivity index (χ4n) is 1.93. The van der Waals surface area contributed by atoms with E-state index in [0.717, 1.165) is 32.7 Å². The van der Waals surface area contributed by atoms with Gasteiger partial charge < -0.3 is 9.64 Å². The minimum Gasteiger partial charge on any atom is -0.380 e. The first kappa shape index (κ1) is 10.5. The first-order valence-electron chi connectivity index (χ1n) is 5.67. The standard InChI is InChI=1S/C13H19NO/c1-11-4-5-13(10-12(11)2)14-6-3-8-15-9-7-14/h4-5,10H,3,6-9H2,1-2H3. The molecule has 2 heteroatoms. The van der Waals surface area contributed by atoms with E-state index >= 15 is 0 Å². The number of ether oxygens (including phenoxy) is 1. The van der Waals surface area contributed by atoms with E-state index < -0.39 is 0 Å². The Labute approximate surface area is 91.9 Å². The van der Waals surface area contributed by atoms with Crippen LogP contribution in [0.5, 0.6) is 0 Å². The van der Waals surface area contributed by atoms with E-state index in [2.05, 4.69) is 36.9 Å². The summed E-state index contributed by atoms with van der Waals surface area (Å²) in [6.07, 6.45) is 1.13. The summed E-state index contributed by atoms with van der Waals surface area (Å²) in [5, 5.41) is 0. The molecule has 0 N–H and O–H groups in total. The van der Waals surface area contributed by atoms with Crippen molar-refractivity contribution in [1.29, 1.82) is 0 Å². The normalized spacial score (nSPS) is 17.6. The molecule has 15 heavy (non-hydrogen) atoms. The van der Waals surface area contributed by atoms with Gasteiger partial charge in [-0.3, -0.25) is 0 Å².